The Morgan fingerprint density at radius 3 is 2.55 bits per heavy atom. The molecule has 0 aromatic heterocycles. The lowest BCUT2D eigenvalue weighted by molar-refractivity contribution is 0.0600. The number of rotatable bonds is 7. The summed E-state index contributed by atoms with van der Waals surface area (Å²) in [5, 5.41) is 3.36. The SMILES string of the molecule is COC(=O)c1cc(NCc2cc(Br)c(OC)c(OC)c2)ccc1N1CCOCC1. The van der Waals surface area contributed by atoms with E-state index < -0.39 is 0 Å². The van der Waals surface area contributed by atoms with Crippen LogP contribution >= 0.6 is 15.9 Å². The lowest BCUT2D eigenvalue weighted by Crippen LogP contribution is -2.37. The fourth-order valence-corrected chi connectivity index (χ4v) is 3.93. The molecule has 29 heavy (non-hydrogen) atoms. The van der Waals surface area contributed by atoms with Gasteiger partial charge in [-0.2, -0.15) is 0 Å². The first-order chi connectivity index (χ1) is 14.1. The minimum atomic E-state index is -0.357. The Hall–Kier alpha value is -2.45. The molecule has 0 radical (unpaired) electrons. The summed E-state index contributed by atoms with van der Waals surface area (Å²) < 4.78 is 22.0. The standard InChI is InChI=1S/C21H25BrN2O5/c1-26-19-11-14(10-17(22)20(19)27-2)13-23-15-4-5-18(16(12-15)21(25)28-3)24-6-8-29-9-7-24/h4-5,10-12,23H,6-9,13H2,1-3H3. The highest BCUT2D eigenvalue weighted by molar-refractivity contribution is 9.10. The zero-order valence-corrected chi connectivity index (χ0v) is 18.4. The Morgan fingerprint density at radius 1 is 1.14 bits per heavy atom. The monoisotopic (exact) mass is 464 g/mol. The van der Waals surface area contributed by atoms with Crippen molar-refractivity contribution in [3.63, 3.8) is 0 Å². The number of nitrogens with zero attached hydrogens (tertiary/aromatic N) is 1. The van der Waals surface area contributed by atoms with Crippen molar-refractivity contribution in [3.05, 3.63) is 45.9 Å². The molecule has 1 fully saturated rings. The summed E-state index contributed by atoms with van der Waals surface area (Å²) in [6.07, 6.45) is 0. The van der Waals surface area contributed by atoms with E-state index in [0.717, 1.165) is 34.5 Å². The number of benzene rings is 2. The third-order valence-corrected chi connectivity index (χ3v) is 5.33. The molecule has 1 saturated heterocycles. The summed E-state index contributed by atoms with van der Waals surface area (Å²) in [4.78, 5) is 14.5. The smallest absolute Gasteiger partial charge is 0.340 e. The Kier molecular flexibility index (Phi) is 7.22. The minimum Gasteiger partial charge on any atom is -0.493 e. The second-order valence-electron chi connectivity index (χ2n) is 6.49. The molecule has 1 aliphatic rings. The molecule has 1 aliphatic heterocycles. The van der Waals surface area contributed by atoms with E-state index in [0.29, 0.717) is 36.8 Å². The van der Waals surface area contributed by atoms with E-state index >= 15 is 0 Å². The van der Waals surface area contributed by atoms with E-state index in [4.69, 9.17) is 18.9 Å². The maximum absolute atomic E-state index is 12.4. The molecule has 3 rings (SSSR count). The van der Waals surface area contributed by atoms with Gasteiger partial charge in [-0.15, -0.1) is 0 Å². The van der Waals surface area contributed by atoms with Gasteiger partial charge in [0.15, 0.2) is 11.5 Å². The van der Waals surface area contributed by atoms with Gasteiger partial charge in [0.05, 0.1) is 50.3 Å². The van der Waals surface area contributed by atoms with Crippen molar-refractivity contribution in [2.75, 3.05) is 57.8 Å². The maximum Gasteiger partial charge on any atom is 0.340 e. The summed E-state index contributed by atoms with van der Waals surface area (Å²) in [7, 11) is 4.60. The first-order valence-electron chi connectivity index (χ1n) is 9.26. The zero-order valence-electron chi connectivity index (χ0n) is 16.8. The number of esters is 1. The van der Waals surface area contributed by atoms with Crippen molar-refractivity contribution < 1.29 is 23.7 Å². The van der Waals surface area contributed by atoms with Gasteiger partial charge in [-0.3, -0.25) is 0 Å². The number of halogens is 1. The maximum atomic E-state index is 12.4. The van der Waals surface area contributed by atoms with Crippen molar-refractivity contribution in [1.82, 2.24) is 0 Å². The van der Waals surface area contributed by atoms with Crippen molar-refractivity contribution in [2.24, 2.45) is 0 Å². The van der Waals surface area contributed by atoms with Crippen LogP contribution in [-0.4, -0.2) is 53.6 Å². The van der Waals surface area contributed by atoms with Gasteiger partial charge in [-0.1, -0.05) is 0 Å². The number of carbonyl (C=O) groups excluding carboxylic acids is 1. The summed E-state index contributed by atoms with van der Waals surface area (Å²) in [5.74, 6) is 0.944. The highest BCUT2D eigenvalue weighted by Gasteiger charge is 2.20. The van der Waals surface area contributed by atoms with Gasteiger partial charge in [-0.05, 0) is 51.8 Å². The number of morpholine rings is 1. The van der Waals surface area contributed by atoms with Crippen LogP contribution in [0.15, 0.2) is 34.8 Å². The Balaban J connectivity index is 1.81. The molecule has 2 aromatic rings. The van der Waals surface area contributed by atoms with E-state index in [1.165, 1.54) is 7.11 Å². The number of anilines is 2. The average Bonchev–Trinajstić information content (AvgIpc) is 2.77. The first-order valence-corrected chi connectivity index (χ1v) is 10.1. The number of ether oxygens (including phenoxy) is 4. The number of carbonyl (C=O) groups is 1. The number of hydrogen-bond donors (Lipinski definition) is 1. The van der Waals surface area contributed by atoms with Gasteiger partial charge in [0.25, 0.3) is 0 Å². The molecule has 0 spiro atoms. The molecular formula is C21H25BrN2O5. The van der Waals surface area contributed by atoms with Crippen LogP contribution in [0.2, 0.25) is 0 Å². The van der Waals surface area contributed by atoms with Gasteiger partial charge < -0.3 is 29.2 Å². The van der Waals surface area contributed by atoms with Crippen molar-refractivity contribution in [2.45, 2.75) is 6.54 Å². The summed E-state index contributed by atoms with van der Waals surface area (Å²) in [5.41, 5.74) is 3.23. The predicted octanol–water partition coefficient (Wildman–Crippen LogP) is 3.70. The Morgan fingerprint density at radius 2 is 1.90 bits per heavy atom. The van der Waals surface area contributed by atoms with Crippen LogP contribution in [0.3, 0.4) is 0 Å². The van der Waals surface area contributed by atoms with Crippen molar-refractivity contribution in [3.8, 4) is 11.5 Å². The molecule has 8 heteroatoms. The van der Waals surface area contributed by atoms with E-state index in [1.54, 1.807) is 14.2 Å². The third kappa shape index (κ3) is 4.94. The molecule has 156 valence electrons. The van der Waals surface area contributed by atoms with E-state index in [-0.39, 0.29) is 5.97 Å². The zero-order chi connectivity index (χ0) is 20.8. The number of hydrogen-bond acceptors (Lipinski definition) is 7. The van der Waals surface area contributed by atoms with Crippen LogP contribution in [0.25, 0.3) is 0 Å². The molecule has 2 aromatic carbocycles. The number of nitrogens with one attached hydrogen (secondary N) is 1. The van der Waals surface area contributed by atoms with Crippen molar-refractivity contribution >= 4 is 33.3 Å². The second-order valence-corrected chi connectivity index (χ2v) is 7.34. The minimum absolute atomic E-state index is 0.357. The highest BCUT2D eigenvalue weighted by atomic mass is 79.9. The molecule has 0 amide bonds. The van der Waals surface area contributed by atoms with Crippen LogP contribution in [0.4, 0.5) is 11.4 Å². The Labute approximate surface area is 179 Å². The van der Waals surface area contributed by atoms with Gasteiger partial charge in [0, 0.05) is 25.3 Å². The van der Waals surface area contributed by atoms with Crippen molar-refractivity contribution in [1.29, 1.82) is 0 Å². The summed E-state index contributed by atoms with van der Waals surface area (Å²) in [6, 6.07) is 9.63. The molecule has 0 unspecified atom stereocenters. The van der Waals surface area contributed by atoms with Crippen LogP contribution < -0.4 is 19.7 Å². The lowest BCUT2D eigenvalue weighted by atomic mass is 10.1. The topological polar surface area (TPSA) is 69.3 Å². The van der Waals surface area contributed by atoms with Gasteiger partial charge in [0.2, 0.25) is 0 Å². The molecule has 0 bridgehead atoms. The van der Waals surface area contributed by atoms with E-state index in [1.807, 2.05) is 30.3 Å². The molecule has 0 aliphatic carbocycles. The quantitative estimate of drug-likeness (QED) is 0.626. The highest BCUT2D eigenvalue weighted by Crippen LogP contribution is 2.36. The largest absolute Gasteiger partial charge is 0.493 e. The Bertz CT molecular complexity index is 868. The molecule has 0 saturated carbocycles. The van der Waals surface area contributed by atoms with Gasteiger partial charge in [0.1, 0.15) is 0 Å². The molecular weight excluding hydrogens is 440 g/mol. The third-order valence-electron chi connectivity index (χ3n) is 4.74. The van der Waals surface area contributed by atoms with Crippen LogP contribution in [-0.2, 0) is 16.0 Å². The van der Waals surface area contributed by atoms with Crippen LogP contribution in [0.1, 0.15) is 15.9 Å². The predicted molar refractivity (Wildman–Crippen MR) is 115 cm³/mol. The first kappa shape index (κ1) is 21.3. The second kappa shape index (κ2) is 9.84. The number of methoxy groups -OCH3 is 3. The fourth-order valence-electron chi connectivity index (χ4n) is 3.28. The molecule has 1 N–H and O–H groups in total. The summed E-state index contributed by atoms with van der Waals surface area (Å²) >= 11 is 3.51. The van der Waals surface area contributed by atoms with Crippen LogP contribution in [0, 0.1) is 0 Å². The molecule has 7 nitrogen and oxygen atoms in total. The van der Waals surface area contributed by atoms with E-state index in [9.17, 15) is 4.79 Å². The molecule has 0 atom stereocenters. The molecule has 1 heterocycles. The van der Waals surface area contributed by atoms with E-state index in [2.05, 4.69) is 26.1 Å². The average molecular weight is 465 g/mol. The van der Waals surface area contributed by atoms with Gasteiger partial charge in [-0.25, -0.2) is 4.79 Å². The van der Waals surface area contributed by atoms with Gasteiger partial charge >= 0.3 is 5.97 Å². The summed E-state index contributed by atoms with van der Waals surface area (Å²) in [6.45, 7) is 3.34. The normalized spacial score (nSPS) is 13.7. The fraction of sp³-hybridized carbons (Fsp3) is 0.381. The van der Waals surface area contributed by atoms with Crippen LogP contribution in [0.5, 0.6) is 11.5 Å². The lowest BCUT2D eigenvalue weighted by Gasteiger charge is -2.30.